The van der Waals surface area contributed by atoms with Gasteiger partial charge in [0.25, 0.3) is 11.8 Å². The second-order valence-corrected chi connectivity index (χ2v) is 4.81. The van der Waals surface area contributed by atoms with Gasteiger partial charge in [0.1, 0.15) is 0 Å². The fourth-order valence-electron chi connectivity index (χ4n) is 2.23. The van der Waals surface area contributed by atoms with E-state index in [9.17, 15) is 14.8 Å². The Hall–Kier alpha value is -1.85. The summed E-state index contributed by atoms with van der Waals surface area (Å²) in [5, 5.41) is 11.2. The number of thioether (sulfide) groups is 1. The fourth-order valence-corrected chi connectivity index (χ4v) is 2.83. The van der Waals surface area contributed by atoms with Crippen molar-refractivity contribution in [1.82, 2.24) is 5.06 Å². The minimum atomic E-state index is -0.670. The van der Waals surface area contributed by atoms with Gasteiger partial charge in [-0.25, -0.2) is 0 Å². The third-order valence-electron chi connectivity index (χ3n) is 3.07. The molecular formula is C13H9NO3S. The Kier molecular flexibility index (Phi) is 2.39. The number of nitrogens with zero attached hydrogens (tertiary/aromatic N) is 1. The first-order chi connectivity index (χ1) is 8.65. The van der Waals surface area contributed by atoms with Crippen LogP contribution in [0.5, 0.6) is 0 Å². The molecule has 1 N–H and O–H groups in total. The maximum Gasteiger partial charge on any atom is 0.285 e. The van der Waals surface area contributed by atoms with Crippen molar-refractivity contribution in [3.05, 3.63) is 41.5 Å². The van der Waals surface area contributed by atoms with Crippen LogP contribution < -0.4 is 0 Å². The monoisotopic (exact) mass is 259 g/mol. The van der Waals surface area contributed by atoms with Gasteiger partial charge in [0.05, 0.1) is 11.1 Å². The largest absolute Gasteiger partial charge is 0.285 e. The molecule has 90 valence electrons. The molecule has 0 fully saturated rings. The van der Waals surface area contributed by atoms with Crippen LogP contribution in [0.1, 0.15) is 20.7 Å². The molecule has 0 radical (unpaired) electrons. The van der Waals surface area contributed by atoms with Gasteiger partial charge in [-0.05, 0) is 29.8 Å². The van der Waals surface area contributed by atoms with Crippen molar-refractivity contribution in [2.75, 3.05) is 6.26 Å². The second kappa shape index (κ2) is 3.83. The molecule has 2 aromatic carbocycles. The Morgan fingerprint density at radius 2 is 1.72 bits per heavy atom. The van der Waals surface area contributed by atoms with E-state index in [1.807, 2.05) is 18.4 Å². The second-order valence-electron chi connectivity index (χ2n) is 3.97. The molecule has 0 bridgehead atoms. The summed E-state index contributed by atoms with van der Waals surface area (Å²) < 4.78 is 0. The number of carbonyl (C=O) groups excluding carboxylic acids is 2. The first-order valence-corrected chi connectivity index (χ1v) is 6.55. The Morgan fingerprint density at radius 3 is 2.39 bits per heavy atom. The van der Waals surface area contributed by atoms with Crippen LogP contribution in [0.25, 0.3) is 10.8 Å². The van der Waals surface area contributed by atoms with Crippen LogP contribution >= 0.6 is 11.8 Å². The molecular weight excluding hydrogens is 250 g/mol. The van der Waals surface area contributed by atoms with E-state index in [1.165, 1.54) is 0 Å². The predicted octanol–water partition coefficient (Wildman–Crippen LogP) is 2.55. The summed E-state index contributed by atoms with van der Waals surface area (Å²) >= 11 is 1.55. The molecule has 1 heterocycles. The van der Waals surface area contributed by atoms with Crippen LogP contribution in [0.15, 0.2) is 35.2 Å². The Balaban J connectivity index is 2.49. The van der Waals surface area contributed by atoms with Crippen LogP contribution in [0, 0.1) is 0 Å². The average Bonchev–Trinajstić information content (AvgIpc) is 2.41. The van der Waals surface area contributed by atoms with Gasteiger partial charge in [-0.15, -0.1) is 16.8 Å². The van der Waals surface area contributed by atoms with Gasteiger partial charge >= 0.3 is 0 Å². The lowest BCUT2D eigenvalue weighted by Gasteiger charge is -2.22. The molecule has 5 heteroatoms. The van der Waals surface area contributed by atoms with Gasteiger partial charge in [-0.3, -0.25) is 14.8 Å². The lowest BCUT2D eigenvalue weighted by atomic mass is 9.95. The van der Waals surface area contributed by atoms with Crippen LogP contribution in [-0.2, 0) is 0 Å². The smallest absolute Gasteiger partial charge is 0.278 e. The number of rotatable bonds is 1. The zero-order chi connectivity index (χ0) is 12.9. The summed E-state index contributed by atoms with van der Waals surface area (Å²) in [4.78, 5) is 24.7. The standard InChI is InChI=1S/C13H9NO3S/c1-18-10-6-5-9-11-7(10)3-2-4-8(11)12(15)14(17)13(9)16/h2-6,17H,1H3. The number of hydroxylamine groups is 2. The molecule has 2 aromatic rings. The van der Waals surface area contributed by atoms with E-state index >= 15 is 0 Å². The number of hydrogen-bond donors (Lipinski definition) is 1. The maximum atomic E-state index is 11.9. The molecule has 1 aliphatic rings. The Morgan fingerprint density at radius 1 is 1.06 bits per heavy atom. The fraction of sp³-hybridized carbons (Fsp3) is 0.0769. The lowest BCUT2D eigenvalue weighted by molar-refractivity contribution is -0.0377. The highest BCUT2D eigenvalue weighted by Gasteiger charge is 2.32. The van der Waals surface area contributed by atoms with Crippen molar-refractivity contribution in [3.8, 4) is 0 Å². The lowest BCUT2D eigenvalue weighted by Crippen LogP contribution is -2.37. The number of imide groups is 1. The number of carbonyl (C=O) groups is 2. The molecule has 4 nitrogen and oxygen atoms in total. The van der Waals surface area contributed by atoms with Crippen molar-refractivity contribution in [2.24, 2.45) is 0 Å². The predicted molar refractivity (Wildman–Crippen MR) is 68.0 cm³/mol. The first-order valence-electron chi connectivity index (χ1n) is 5.32. The van der Waals surface area contributed by atoms with E-state index in [1.54, 1.807) is 30.0 Å². The van der Waals surface area contributed by atoms with E-state index in [2.05, 4.69) is 0 Å². The Bertz CT molecular complexity index is 674. The van der Waals surface area contributed by atoms with Crippen LogP contribution in [-0.4, -0.2) is 28.3 Å². The summed E-state index contributed by atoms with van der Waals surface area (Å²) in [6, 6.07) is 8.72. The zero-order valence-electron chi connectivity index (χ0n) is 9.51. The van der Waals surface area contributed by atoms with Gasteiger partial charge < -0.3 is 0 Å². The third kappa shape index (κ3) is 1.31. The quantitative estimate of drug-likeness (QED) is 0.486. The van der Waals surface area contributed by atoms with Crippen LogP contribution in [0.3, 0.4) is 0 Å². The molecule has 0 saturated heterocycles. The van der Waals surface area contributed by atoms with E-state index in [4.69, 9.17) is 0 Å². The van der Waals surface area contributed by atoms with Gasteiger partial charge in [0.15, 0.2) is 0 Å². The average molecular weight is 259 g/mol. The van der Waals surface area contributed by atoms with Gasteiger partial charge in [-0.1, -0.05) is 12.1 Å². The summed E-state index contributed by atoms with van der Waals surface area (Å²) in [6.45, 7) is 0. The van der Waals surface area contributed by atoms with Crippen molar-refractivity contribution in [1.29, 1.82) is 0 Å². The molecule has 18 heavy (non-hydrogen) atoms. The topological polar surface area (TPSA) is 57.6 Å². The van der Waals surface area contributed by atoms with Gasteiger partial charge in [-0.2, -0.15) is 0 Å². The Labute approximate surface area is 107 Å². The van der Waals surface area contributed by atoms with Crippen LogP contribution in [0.4, 0.5) is 0 Å². The maximum absolute atomic E-state index is 11.9. The van der Waals surface area contributed by atoms with Crippen molar-refractivity contribution in [2.45, 2.75) is 4.90 Å². The van der Waals surface area contributed by atoms with Gasteiger partial charge in [0, 0.05) is 10.3 Å². The third-order valence-corrected chi connectivity index (χ3v) is 3.86. The number of benzene rings is 2. The molecule has 2 amide bonds. The van der Waals surface area contributed by atoms with Crippen molar-refractivity contribution < 1.29 is 14.8 Å². The molecule has 0 unspecified atom stereocenters. The normalized spacial score (nSPS) is 14.4. The minimum absolute atomic E-state index is 0.176. The highest BCUT2D eigenvalue weighted by Crippen LogP contribution is 2.34. The molecule has 0 spiro atoms. The van der Waals surface area contributed by atoms with Crippen molar-refractivity contribution in [3.63, 3.8) is 0 Å². The SMILES string of the molecule is CSc1ccc2c3c(cccc13)C(=O)N(O)C2=O. The summed E-state index contributed by atoms with van der Waals surface area (Å²) in [7, 11) is 0. The van der Waals surface area contributed by atoms with Crippen LogP contribution in [0.2, 0.25) is 0 Å². The summed E-state index contributed by atoms with van der Waals surface area (Å²) in [5.41, 5.74) is 0.723. The highest BCUT2D eigenvalue weighted by molar-refractivity contribution is 7.98. The van der Waals surface area contributed by atoms with Crippen molar-refractivity contribution >= 4 is 34.3 Å². The van der Waals surface area contributed by atoms with E-state index in [0.29, 0.717) is 16.5 Å². The van der Waals surface area contributed by atoms with Gasteiger partial charge in [0.2, 0.25) is 0 Å². The molecule has 3 rings (SSSR count). The first kappa shape index (κ1) is 11.3. The highest BCUT2D eigenvalue weighted by atomic mass is 32.2. The van der Waals surface area contributed by atoms with E-state index in [0.717, 1.165) is 10.3 Å². The minimum Gasteiger partial charge on any atom is -0.278 e. The number of hydrogen-bond acceptors (Lipinski definition) is 4. The molecule has 1 aliphatic heterocycles. The molecule has 0 aliphatic carbocycles. The zero-order valence-corrected chi connectivity index (χ0v) is 10.3. The summed E-state index contributed by atoms with van der Waals surface area (Å²) in [6.07, 6.45) is 1.94. The summed E-state index contributed by atoms with van der Waals surface area (Å²) in [5.74, 6) is -1.34. The molecule has 0 saturated carbocycles. The van der Waals surface area contributed by atoms with E-state index < -0.39 is 11.8 Å². The molecule has 0 atom stereocenters. The molecule has 0 aromatic heterocycles. The number of amides is 2. The van der Waals surface area contributed by atoms with E-state index in [-0.39, 0.29) is 5.06 Å².